The lowest BCUT2D eigenvalue weighted by molar-refractivity contribution is -0.384. The molecule has 0 aliphatic heterocycles. The first-order valence-corrected chi connectivity index (χ1v) is 7.20. The number of aromatic amines is 1. The normalized spacial score (nSPS) is 10.7. The van der Waals surface area contributed by atoms with Crippen molar-refractivity contribution in [1.82, 2.24) is 4.98 Å². The lowest BCUT2D eigenvalue weighted by Crippen LogP contribution is -2.14. The Hall–Kier alpha value is -2.86. The Morgan fingerprint density at radius 3 is 2.83 bits per heavy atom. The van der Waals surface area contributed by atoms with Crippen LogP contribution in [-0.2, 0) is 11.2 Å². The Morgan fingerprint density at radius 2 is 2.04 bits per heavy atom. The fourth-order valence-corrected chi connectivity index (χ4v) is 2.51. The Balaban J connectivity index is 1.74. The number of carbonyl (C=O) groups is 1. The van der Waals surface area contributed by atoms with Gasteiger partial charge in [0.05, 0.1) is 11.3 Å². The van der Waals surface area contributed by atoms with Gasteiger partial charge in [0, 0.05) is 23.5 Å². The number of carbonyl (C=O) groups excluding carboxylic acids is 1. The predicted molar refractivity (Wildman–Crippen MR) is 88.7 cm³/mol. The van der Waals surface area contributed by atoms with Crippen molar-refractivity contribution in [2.75, 3.05) is 5.32 Å². The first-order chi connectivity index (χ1) is 11.0. The second-order valence-corrected chi connectivity index (χ2v) is 5.45. The van der Waals surface area contributed by atoms with Gasteiger partial charge >= 0.3 is 0 Å². The highest BCUT2D eigenvalue weighted by atomic mass is 35.5. The van der Waals surface area contributed by atoms with Gasteiger partial charge < -0.3 is 10.3 Å². The predicted octanol–water partition coefficient (Wildman–Crippen LogP) is 3.91. The highest BCUT2D eigenvalue weighted by molar-refractivity contribution is 6.32. The fraction of sp³-hybridized carbons (Fsp3) is 0.0625. The van der Waals surface area contributed by atoms with Crippen LogP contribution < -0.4 is 5.32 Å². The maximum Gasteiger partial charge on any atom is 0.289 e. The summed E-state index contributed by atoms with van der Waals surface area (Å²) in [7, 11) is 0. The molecule has 0 aliphatic rings. The first-order valence-electron chi connectivity index (χ1n) is 6.83. The van der Waals surface area contributed by atoms with Gasteiger partial charge in [-0.05, 0) is 35.2 Å². The number of nitro groups is 1. The van der Waals surface area contributed by atoms with E-state index in [0.717, 1.165) is 16.5 Å². The molecule has 23 heavy (non-hydrogen) atoms. The van der Waals surface area contributed by atoms with Crippen LogP contribution >= 0.6 is 11.6 Å². The number of halogens is 1. The number of aromatic nitrogens is 1. The smallest absolute Gasteiger partial charge is 0.289 e. The molecule has 0 bridgehead atoms. The third-order valence-corrected chi connectivity index (χ3v) is 3.73. The lowest BCUT2D eigenvalue weighted by Gasteiger charge is -2.06. The van der Waals surface area contributed by atoms with Gasteiger partial charge in [0.1, 0.15) is 5.02 Å². The summed E-state index contributed by atoms with van der Waals surface area (Å²) in [6.07, 6.45) is 2.01. The minimum Gasteiger partial charge on any atom is -0.361 e. The summed E-state index contributed by atoms with van der Waals surface area (Å²) in [5, 5.41) is 14.6. The van der Waals surface area contributed by atoms with Gasteiger partial charge in [-0.1, -0.05) is 23.7 Å². The standard InChI is InChI=1S/C16H12ClN3O3/c17-13-4-3-12(9-15(13)20(22)23)19-16(21)8-10-1-2-11-5-6-18-14(11)7-10/h1-7,9,18H,8H2,(H,19,21). The van der Waals surface area contributed by atoms with Gasteiger partial charge in [-0.2, -0.15) is 0 Å². The molecular formula is C16H12ClN3O3. The molecule has 116 valence electrons. The number of nitrogens with zero attached hydrogens (tertiary/aromatic N) is 1. The van der Waals surface area contributed by atoms with Crippen LogP contribution in [0, 0.1) is 10.1 Å². The molecule has 2 N–H and O–H groups in total. The number of H-pyrrole nitrogens is 1. The molecule has 2 aromatic carbocycles. The number of hydrogen-bond donors (Lipinski definition) is 2. The molecule has 1 aromatic heterocycles. The van der Waals surface area contributed by atoms with Crippen LogP contribution in [0.5, 0.6) is 0 Å². The average molecular weight is 330 g/mol. The number of nitrogens with one attached hydrogen (secondary N) is 2. The molecule has 0 fully saturated rings. The number of nitro benzene ring substituents is 1. The van der Waals surface area contributed by atoms with Crippen LogP contribution in [0.15, 0.2) is 48.7 Å². The maximum atomic E-state index is 12.1. The molecule has 0 unspecified atom stereocenters. The van der Waals surface area contributed by atoms with E-state index in [-0.39, 0.29) is 23.0 Å². The second-order valence-electron chi connectivity index (χ2n) is 5.05. The zero-order valence-electron chi connectivity index (χ0n) is 11.9. The number of anilines is 1. The highest BCUT2D eigenvalue weighted by Gasteiger charge is 2.14. The van der Waals surface area contributed by atoms with Gasteiger partial charge in [-0.15, -0.1) is 0 Å². The maximum absolute atomic E-state index is 12.1. The number of fused-ring (bicyclic) bond motifs is 1. The summed E-state index contributed by atoms with van der Waals surface area (Å²) in [5.41, 5.74) is 1.91. The number of benzene rings is 2. The Bertz CT molecular complexity index is 904. The fourth-order valence-electron chi connectivity index (χ4n) is 2.33. The molecule has 1 heterocycles. The average Bonchev–Trinajstić information content (AvgIpc) is 2.96. The first kappa shape index (κ1) is 15.1. The van der Waals surface area contributed by atoms with E-state index in [1.165, 1.54) is 18.2 Å². The molecular weight excluding hydrogens is 318 g/mol. The van der Waals surface area contributed by atoms with Gasteiger partial charge in [0.25, 0.3) is 5.69 Å². The highest BCUT2D eigenvalue weighted by Crippen LogP contribution is 2.27. The number of amides is 1. The molecule has 0 saturated heterocycles. The van der Waals surface area contributed by atoms with E-state index in [1.54, 1.807) is 0 Å². The minimum atomic E-state index is -0.586. The molecule has 7 heteroatoms. The molecule has 3 aromatic rings. The SMILES string of the molecule is O=C(Cc1ccc2cc[nH]c2c1)Nc1ccc(Cl)c([N+](=O)[O-])c1. The minimum absolute atomic E-state index is 0.0326. The molecule has 0 saturated carbocycles. The van der Waals surface area contributed by atoms with Gasteiger partial charge in [0.15, 0.2) is 0 Å². The molecule has 0 aliphatic carbocycles. The van der Waals surface area contributed by atoms with Crippen molar-refractivity contribution >= 4 is 39.8 Å². The Kier molecular flexibility index (Phi) is 3.99. The van der Waals surface area contributed by atoms with Crippen LogP contribution in [-0.4, -0.2) is 15.8 Å². The van der Waals surface area contributed by atoms with Gasteiger partial charge in [-0.25, -0.2) is 0 Å². The van der Waals surface area contributed by atoms with Crippen LogP contribution in [0.4, 0.5) is 11.4 Å². The van der Waals surface area contributed by atoms with Crippen molar-refractivity contribution in [2.45, 2.75) is 6.42 Å². The van der Waals surface area contributed by atoms with Crippen molar-refractivity contribution in [2.24, 2.45) is 0 Å². The molecule has 0 atom stereocenters. The van der Waals surface area contributed by atoms with Crippen LogP contribution in [0.25, 0.3) is 10.9 Å². The summed E-state index contributed by atoms with van der Waals surface area (Å²) in [5.74, 6) is -0.257. The van der Waals surface area contributed by atoms with E-state index in [0.29, 0.717) is 5.69 Å². The summed E-state index contributed by atoms with van der Waals surface area (Å²) in [6, 6.07) is 11.8. The van der Waals surface area contributed by atoms with E-state index in [1.807, 2.05) is 30.5 Å². The lowest BCUT2D eigenvalue weighted by atomic mass is 10.1. The molecule has 1 amide bonds. The van der Waals surface area contributed by atoms with E-state index >= 15 is 0 Å². The monoisotopic (exact) mass is 329 g/mol. The van der Waals surface area contributed by atoms with Crippen molar-refractivity contribution in [1.29, 1.82) is 0 Å². The zero-order chi connectivity index (χ0) is 16.4. The summed E-state index contributed by atoms with van der Waals surface area (Å²) in [4.78, 5) is 25.5. The molecule has 3 rings (SSSR count). The van der Waals surface area contributed by atoms with Gasteiger partial charge in [-0.3, -0.25) is 14.9 Å². The van der Waals surface area contributed by atoms with Crippen molar-refractivity contribution in [3.05, 3.63) is 69.4 Å². The van der Waals surface area contributed by atoms with E-state index in [2.05, 4.69) is 10.3 Å². The van der Waals surface area contributed by atoms with Crippen LogP contribution in [0.1, 0.15) is 5.56 Å². The largest absolute Gasteiger partial charge is 0.361 e. The summed E-state index contributed by atoms with van der Waals surface area (Å²) in [6.45, 7) is 0. The Labute approximate surface area is 136 Å². The summed E-state index contributed by atoms with van der Waals surface area (Å²) >= 11 is 5.74. The molecule has 0 radical (unpaired) electrons. The van der Waals surface area contributed by atoms with E-state index in [4.69, 9.17) is 11.6 Å². The number of hydrogen-bond acceptors (Lipinski definition) is 3. The van der Waals surface area contributed by atoms with Crippen molar-refractivity contribution in [3.8, 4) is 0 Å². The zero-order valence-corrected chi connectivity index (χ0v) is 12.6. The quantitative estimate of drug-likeness (QED) is 0.562. The van der Waals surface area contributed by atoms with Crippen LogP contribution in [0.2, 0.25) is 5.02 Å². The summed E-state index contributed by atoms with van der Waals surface area (Å²) < 4.78 is 0. The molecule has 6 nitrogen and oxygen atoms in total. The van der Waals surface area contributed by atoms with Gasteiger partial charge in [0.2, 0.25) is 5.91 Å². The van der Waals surface area contributed by atoms with E-state index < -0.39 is 4.92 Å². The second kappa shape index (κ2) is 6.10. The third kappa shape index (κ3) is 3.32. The van der Waals surface area contributed by atoms with Crippen molar-refractivity contribution in [3.63, 3.8) is 0 Å². The topological polar surface area (TPSA) is 88.0 Å². The Morgan fingerprint density at radius 1 is 1.22 bits per heavy atom. The molecule has 0 spiro atoms. The van der Waals surface area contributed by atoms with Crippen molar-refractivity contribution < 1.29 is 9.72 Å². The number of rotatable bonds is 4. The van der Waals surface area contributed by atoms with Crippen LogP contribution in [0.3, 0.4) is 0 Å². The van der Waals surface area contributed by atoms with E-state index in [9.17, 15) is 14.9 Å². The third-order valence-electron chi connectivity index (χ3n) is 3.41.